The second-order valence-electron chi connectivity index (χ2n) is 6.32. The van der Waals surface area contributed by atoms with Crippen molar-refractivity contribution >= 4 is 50.7 Å². The average Bonchev–Trinajstić information content (AvgIpc) is 3.02. The molecule has 1 aromatic carbocycles. The van der Waals surface area contributed by atoms with E-state index < -0.39 is 23.4 Å². The predicted molar refractivity (Wildman–Crippen MR) is 113 cm³/mol. The van der Waals surface area contributed by atoms with Crippen LogP contribution in [0, 0.1) is 6.92 Å². The van der Waals surface area contributed by atoms with Crippen molar-refractivity contribution in [2.24, 2.45) is 5.73 Å². The molecule has 8 nitrogen and oxygen atoms in total. The molecule has 152 valence electrons. The van der Waals surface area contributed by atoms with Gasteiger partial charge in [-0.1, -0.05) is 18.5 Å². The summed E-state index contributed by atoms with van der Waals surface area (Å²) < 4.78 is 6.51. The lowest BCUT2D eigenvalue weighted by Crippen LogP contribution is -2.33. The summed E-state index contributed by atoms with van der Waals surface area (Å²) in [5.41, 5.74) is 5.83. The molecule has 2 heterocycles. The molecular formula is C19H19ClN4O4S. The van der Waals surface area contributed by atoms with Crippen LogP contribution in [0.15, 0.2) is 29.3 Å². The minimum absolute atomic E-state index is 0.281. The van der Waals surface area contributed by atoms with E-state index in [2.05, 4.69) is 10.3 Å². The number of carbonyl (C=O) groups excluding carboxylic acids is 2. The summed E-state index contributed by atoms with van der Waals surface area (Å²) in [5, 5.41) is 3.48. The molecule has 0 fully saturated rings. The van der Waals surface area contributed by atoms with Crippen LogP contribution in [0.25, 0.3) is 10.2 Å². The van der Waals surface area contributed by atoms with Gasteiger partial charge in [0.1, 0.15) is 16.6 Å². The van der Waals surface area contributed by atoms with Crippen molar-refractivity contribution < 1.29 is 14.3 Å². The Balaban J connectivity index is 2.03. The number of aromatic nitrogens is 2. The number of hydrogen-bond acceptors (Lipinski definition) is 6. The first-order valence-corrected chi connectivity index (χ1v) is 9.92. The highest BCUT2D eigenvalue weighted by Gasteiger charge is 2.24. The first-order valence-electron chi connectivity index (χ1n) is 8.72. The molecule has 10 heteroatoms. The van der Waals surface area contributed by atoms with Gasteiger partial charge in [-0.3, -0.25) is 19.0 Å². The number of nitrogens with two attached hydrogens (primary N) is 1. The van der Waals surface area contributed by atoms with Gasteiger partial charge in [0, 0.05) is 5.02 Å². The molecule has 0 saturated heterocycles. The molecule has 0 spiro atoms. The zero-order chi connectivity index (χ0) is 21.3. The highest BCUT2D eigenvalue weighted by molar-refractivity contribution is 7.20. The van der Waals surface area contributed by atoms with Crippen molar-refractivity contribution in [3.05, 3.63) is 50.3 Å². The maximum absolute atomic E-state index is 13.1. The number of halogens is 1. The zero-order valence-corrected chi connectivity index (χ0v) is 17.6. The minimum Gasteiger partial charge on any atom is -0.495 e. The quantitative estimate of drug-likeness (QED) is 0.618. The Morgan fingerprint density at radius 1 is 1.41 bits per heavy atom. The van der Waals surface area contributed by atoms with Crippen LogP contribution in [0.2, 0.25) is 5.02 Å². The van der Waals surface area contributed by atoms with Crippen LogP contribution in [0.1, 0.15) is 34.6 Å². The third-order valence-corrected chi connectivity index (χ3v) is 5.99. The molecule has 0 aliphatic carbocycles. The smallest absolute Gasteiger partial charge is 0.263 e. The van der Waals surface area contributed by atoms with Gasteiger partial charge in [-0.25, -0.2) is 4.98 Å². The van der Waals surface area contributed by atoms with Gasteiger partial charge in [0.05, 0.1) is 29.4 Å². The first kappa shape index (κ1) is 20.8. The van der Waals surface area contributed by atoms with Crippen LogP contribution in [0.3, 0.4) is 0 Å². The molecule has 0 aliphatic rings. The average molecular weight is 435 g/mol. The Kier molecular flexibility index (Phi) is 5.90. The molecule has 3 N–H and O–H groups in total. The number of primary amides is 1. The van der Waals surface area contributed by atoms with Gasteiger partial charge in [0.2, 0.25) is 5.91 Å². The molecule has 0 radical (unpaired) electrons. The number of thiophene rings is 1. The number of hydrogen-bond donors (Lipinski definition) is 2. The summed E-state index contributed by atoms with van der Waals surface area (Å²) in [6.45, 7) is 3.43. The Labute approximate surface area is 175 Å². The SMILES string of the molecule is CCC(C(=O)Nc1cc(Cl)ccc1OC)n1cnc2sc(C(N)=O)c(C)c2c1=O. The number of benzene rings is 1. The molecule has 3 rings (SSSR count). The summed E-state index contributed by atoms with van der Waals surface area (Å²) in [6.07, 6.45) is 1.65. The van der Waals surface area contributed by atoms with E-state index in [1.807, 2.05) is 0 Å². The lowest BCUT2D eigenvalue weighted by atomic mass is 10.1. The van der Waals surface area contributed by atoms with Crippen LogP contribution >= 0.6 is 22.9 Å². The largest absolute Gasteiger partial charge is 0.495 e. The number of carbonyl (C=O) groups is 2. The number of fused-ring (bicyclic) bond motifs is 1. The topological polar surface area (TPSA) is 116 Å². The van der Waals surface area contributed by atoms with E-state index in [1.54, 1.807) is 32.0 Å². The van der Waals surface area contributed by atoms with E-state index in [4.69, 9.17) is 22.1 Å². The number of amides is 2. The van der Waals surface area contributed by atoms with Crippen molar-refractivity contribution in [3.8, 4) is 5.75 Å². The van der Waals surface area contributed by atoms with Crippen molar-refractivity contribution in [2.75, 3.05) is 12.4 Å². The predicted octanol–water partition coefficient (Wildman–Crippen LogP) is 3.12. The summed E-state index contributed by atoms with van der Waals surface area (Å²) >= 11 is 7.08. The van der Waals surface area contributed by atoms with E-state index in [0.717, 1.165) is 11.3 Å². The molecule has 0 aliphatic heterocycles. The Morgan fingerprint density at radius 2 is 2.14 bits per heavy atom. The molecule has 2 amide bonds. The second-order valence-corrected chi connectivity index (χ2v) is 7.75. The molecular weight excluding hydrogens is 416 g/mol. The van der Waals surface area contributed by atoms with Crippen molar-refractivity contribution in [1.29, 1.82) is 0 Å². The summed E-state index contributed by atoms with van der Waals surface area (Å²) in [5.74, 6) is -0.591. The van der Waals surface area contributed by atoms with Crippen molar-refractivity contribution in [1.82, 2.24) is 9.55 Å². The lowest BCUT2D eigenvalue weighted by molar-refractivity contribution is -0.119. The highest BCUT2D eigenvalue weighted by atomic mass is 35.5. The summed E-state index contributed by atoms with van der Waals surface area (Å²) in [4.78, 5) is 42.5. The Morgan fingerprint density at radius 3 is 2.76 bits per heavy atom. The van der Waals surface area contributed by atoms with E-state index in [-0.39, 0.29) is 10.3 Å². The maximum atomic E-state index is 13.1. The number of rotatable bonds is 6. The zero-order valence-electron chi connectivity index (χ0n) is 16.0. The van der Waals surface area contributed by atoms with Crippen LogP contribution in [0.4, 0.5) is 5.69 Å². The van der Waals surface area contributed by atoms with Crippen molar-refractivity contribution in [3.63, 3.8) is 0 Å². The lowest BCUT2D eigenvalue weighted by Gasteiger charge is -2.18. The number of nitrogens with one attached hydrogen (secondary N) is 1. The number of aryl methyl sites for hydroxylation is 1. The molecule has 2 aromatic heterocycles. The first-order chi connectivity index (χ1) is 13.8. The number of anilines is 1. The van der Waals surface area contributed by atoms with Gasteiger partial charge < -0.3 is 15.8 Å². The maximum Gasteiger partial charge on any atom is 0.263 e. The fourth-order valence-corrected chi connectivity index (χ4v) is 4.26. The molecule has 0 bridgehead atoms. The van der Waals surface area contributed by atoms with Crippen molar-refractivity contribution in [2.45, 2.75) is 26.3 Å². The number of nitrogens with zero attached hydrogens (tertiary/aromatic N) is 2. The molecule has 3 aromatic rings. The normalized spacial score (nSPS) is 12.0. The summed E-state index contributed by atoms with van der Waals surface area (Å²) in [7, 11) is 1.48. The second kappa shape index (κ2) is 8.22. The Hall–Kier alpha value is -2.91. The van der Waals surface area contributed by atoms with Gasteiger partial charge in [0.25, 0.3) is 11.5 Å². The molecule has 1 atom stereocenters. The van der Waals surface area contributed by atoms with Crippen LogP contribution in [0.5, 0.6) is 5.75 Å². The van der Waals surface area contributed by atoms with E-state index in [9.17, 15) is 14.4 Å². The molecule has 0 saturated carbocycles. The Bertz CT molecular complexity index is 1170. The fourth-order valence-electron chi connectivity index (χ4n) is 3.10. The van der Waals surface area contributed by atoms with E-state index in [1.165, 1.54) is 18.0 Å². The minimum atomic E-state index is -0.820. The highest BCUT2D eigenvalue weighted by Crippen LogP contribution is 2.29. The third kappa shape index (κ3) is 3.83. The summed E-state index contributed by atoms with van der Waals surface area (Å²) in [6, 6.07) is 4.03. The van der Waals surface area contributed by atoms with Gasteiger partial charge in [-0.2, -0.15) is 0 Å². The van der Waals surface area contributed by atoms with Gasteiger partial charge >= 0.3 is 0 Å². The molecule has 1 unspecified atom stereocenters. The fraction of sp³-hybridized carbons (Fsp3) is 0.263. The van der Waals surface area contributed by atoms with Gasteiger partial charge in [0.15, 0.2) is 0 Å². The van der Waals surface area contributed by atoms with Crippen LogP contribution < -0.4 is 21.3 Å². The monoisotopic (exact) mass is 434 g/mol. The standard InChI is InChI=1S/C19H19ClN4O4S/c1-4-12(17(26)23-11-7-10(20)5-6-13(11)28-3)24-8-22-18-14(19(24)27)9(2)15(29-18)16(21)25/h5-8,12H,4H2,1-3H3,(H2,21,25)(H,23,26). The van der Waals surface area contributed by atoms with Crippen LogP contribution in [-0.4, -0.2) is 28.5 Å². The van der Waals surface area contributed by atoms with Gasteiger partial charge in [-0.15, -0.1) is 11.3 Å². The number of methoxy groups -OCH3 is 1. The van der Waals surface area contributed by atoms with E-state index >= 15 is 0 Å². The molecule has 29 heavy (non-hydrogen) atoms. The van der Waals surface area contributed by atoms with Crippen LogP contribution in [-0.2, 0) is 4.79 Å². The van der Waals surface area contributed by atoms with E-state index in [0.29, 0.717) is 33.3 Å². The van der Waals surface area contributed by atoms with Gasteiger partial charge in [-0.05, 0) is 37.1 Å². The number of ether oxygens (including phenoxy) is 1. The third-order valence-electron chi connectivity index (χ3n) is 4.54.